The van der Waals surface area contributed by atoms with E-state index in [0.29, 0.717) is 0 Å². The van der Waals surface area contributed by atoms with Crippen molar-refractivity contribution in [2.45, 2.75) is 6.18 Å². The van der Waals surface area contributed by atoms with Crippen LogP contribution in [0.15, 0.2) is 65.5 Å². The third-order valence-electron chi connectivity index (χ3n) is 3.73. The van der Waals surface area contributed by atoms with Crippen LogP contribution < -0.4 is 10.6 Å². The number of furan rings is 1. The molecule has 0 fully saturated rings. The van der Waals surface area contributed by atoms with Crippen LogP contribution >= 0.6 is 11.6 Å². The highest BCUT2D eigenvalue weighted by molar-refractivity contribution is 6.34. The Kier molecular flexibility index (Phi) is 5.41. The second-order valence-electron chi connectivity index (χ2n) is 5.66. The van der Waals surface area contributed by atoms with E-state index in [1.54, 1.807) is 12.1 Å². The van der Waals surface area contributed by atoms with Crippen molar-refractivity contribution in [1.82, 2.24) is 0 Å². The molecule has 2 amide bonds. The van der Waals surface area contributed by atoms with Crippen molar-refractivity contribution in [1.29, 1.82) is 0 Å². The van der Waals surface area contributed by atoms with Crippen LogP contribution in [0, 0.1) is 0 Å². The van der Waals surface area contributed by atoms with Crippen molar-refractivity contribution < 1.29 is 27.2 Å². The molecular weight excluding hydrogens is 397 g/mol. The fourth-order valence-electron chi connectivity index (χ4n) is 2.40. The third-order valence-corrected chi connectivity index (χ3v) is 4.06. The van der Waals surface area contributed by atoms with Crippen molar-refractivity contribution in [2.75, 3.05) is 10.6 Å². The number of anilines is 2. The van der Waals surface area contributed by atoms with E-state index in [1.807, 2.05) is 0 Å². The van der Waals surface area contributed by atoms with Gasteiger partial charge in [0.2, 0.25) is 0 Å². The minimum Gasteiger partial charge on any atom is -0.472 e. The topological polar surface area (TPSA) is 71.3 Å². The maximum Gasteiger partial charge on any atom is 0.418 e. The summed E-state index contributed by atoms with van der Waals surface area (Å²) < 4.78 is 45.2. The number of carbonyl (C=O) groups excluding carboxylic acids is 2. The van der Waals surface area contributed by atoms with Gasteiger partial charge in [0.25, 0.3) is 11.8 Å². The first-order valence-corrected chi connectivity index (χ1v) is 8.24. The lowest BCUT2D eigenvalue weighted by Crippen LogP contribution is -2.18. The molecule has 0 aliphatic rings. The Balaban J connectivity index is 1.88. The lowest BCUT2D eigenvalue weighted by Gasteiger charge is -2.16. The van der Waals surface area contributed by atoms with Crippen molar-refractivity contribution in [3.8, 4) is 0 Å². The Morgan fingerprint density at radius 2 is 1.71 bits per heavy atom. The SMILES string of the molecule is O=C(Nc1ccc(NC(=O)c2ccccc2Cl)c(C(F)(F)F)c1)c1ccoc1. The van der Waals surface area contributed by atoms with Crippen molar-refractivity contribution in [2.24, 2.45) is 0 Å². The monoisotopic (exact) mass is 408 g/mol. The summed E-state index contributed by atoms with van der Waals surface area (Å²) in [6.45, 7) is 0. The lowest BCUT2D eigenvalue weighted by atomic mass is 10.1. The molecule has 0 spiro atoms. The highest BCUT2D eigenvalue weighted by Gasteiger charge is 2.34. The fourth-order valence-corrected chi connectivity index (χ4v) is 2.62. The van der Waals surface area contributed by atoms with Gasteiger partial charge in [0.05, 0.1) is 33.7 Å². The van der Waals surface area contributed by atoms with Gasteiger partial charge in [-0.25, -0.2) is 0 Å². The largest absolute Gasteiger partial charge is 0.472 e. The molecule has 3 aromatic rings. The minimum atomic E-state index is -4.76. The zero-order chi connectivity index (χ0) is 20.3. The van der Waals surface area contributed by atoms with Gasteiger partial charge in [-0.15, -0.1) is 0 Å². The first-order chi connectivity index (χ1) is 13.3. The molecule has 0 atom stereocenters. The standard InChI is InChI=1S/C19H12ClF3N2O3/c20-15-4-2-1-3-13(15)18(27)25-16-6-5-12(9-14(16)19(21,22)23)24-17(26)11-7-8-28-10-11/h1-10H,(H,24,26)(H,25,27). The van der Waals surface area contributed by atoms with Crippen LogP contribution in [0.2, 0.25) is 5.02 Å². The Bertz CT molecular complexity index is 1020. The van der Waals surface area contributed by atoms with Gasteiger partial charge >= 0.3 is 6.18 Å². The summed E-state index contributed by atoms with van der Waals surface area (Å²) in [6, 6.07) is 10.4. The summed E-state index contributed by atoms with van der Waals surface area (Å²) in [7, 11) is 0. The van der Waals surface area contributed by atoms with Crippen molar-refractivity contribution in [3.63, 3.8) is 0 Å². The molecule has 5 nitrogen and oxygen atoms in total. The first kappa shape index (κ1) is 19.5. The normalized spacial score (nSPS) is 11.1. The highest BCUT2D eigenvalue weighted by Crippen LogP contribution is 2.37. The van der Waals surface area contributed by atoms with Gasteiger partial charge in [0.15, 0.2) is 0 Å². The first-order valence-electron chi connectivity index (χ1n) is 7.86. The maximum absolute atomic E-state index is 13.5. The number of hydrogen-bond acceptors (Lipinski definition) is 3. The molecule has 1 aromatic heterocycles. The number of rotatable bonds is 4. The van der Waals surface area contributed by atoms with Gasteiger partial charge in [-0.2, -0.15) is 13.2 Å². The molecule has 9 heteroatoms. The zero-order valence-electron chi connectivity index (χ0n) is 14.0. The van der Waals surface area contributed by atoms with Crippen molar-refractivity contribution in [3.05, 3.63) is 82.8 Å². The number of hydrogen-bond donors (Lipinski definition) is 2. The second kappa shape index (κ2) is 7.77. The summed E-state index contributed by atoms with van der Waals surface area (Å²) in [4.78, 5) is 24.3. The van der Waals surface area contributed by atoms with Crippen LogP contribution in [-0.2, 0) is 6.18 Å². The Hall–Kier alpha value is -3.26. The number of alkyl halides is 3. The molecule has 2 N–H and O–H groups in total. The lowest BCUT2D eigenvalue weighted by molar-refractivity contribution is -0.136. The molecule has 0 radical (unpaired) electrons. The van der Waals surface area contributed by atoms with Gasteiger partial charge in [-0.05, 0) is 36.4 Å². The summed E-state index contributed by atoms with van der Waals surface area (Å²) in [6.07, 6.45) is -2.33. The van der Waals surface area contributed by atoms with Gasteiger partial charge in [-0.1, -0.05) is 23.7 Å². The van der Waals surface area contributed by atoms with Crippen LogP contribution in [0.3, 0.4) is 0 Å². The predicted octanol–water partition coefficient (Wildman–Crippen LogP) is 5.46. The van der Waals surface area contributed by atoms with E-state index in [-0.39, 0.29) is 21.8 Å². The molecule has 0 aliphatic carbocycles. The van der Waals surface area contributed by atoms with Gasteiger partial charge in [-0.3, -0.25) is 9.59 Å². The third kappa shape index (κ3) is 4.34. The van der Waals surface area contributed by atoms with Crippen LogP contribution in [0.5, 0.6) is 0 Å². The van der Waals surface area contributed by atoms with E-state index < -0.39 is 29.2 Å². The fraction of sp³-hybridized carbons (Fsp3) is 0.0526. The van der Waals surface area contributed by atoms with Gasteiger partial charge in [0.1, 0.15) is 6.26 Å². The Morgan fingerprint density at radius 1 is 0.964 bits per heavy atom. The average Bonchev–Trinajstić information content (AvgIpc) is 3.17. The molecule has 0 saturated carbocycles. The summed E-state index contributed by atoms with van der Waals surface area (Å²) in [5, 5.41) is 4.67. The maximum atomic E-state index is 13.5. The molecular formula is C19H12ClF3N2O3. The minimum absolute atomic E-state index is 0.0367. The number of benzene rings is 2. The Labute approximate surface area is 162 Å². The van der Waals surface area contributed by atoms with E-state index in [1.165, 1.54) is 30.5 Å². The summed E-state index contributed by atoms with van der Waals surface area (Å²) >= 11 is 5.91. The summed E-state index contributed by atoms with van der Waals surface area (Å²) in [5.74, 6) is -1.42. The van der Waals surface area contributed by atoms with E-state index in [0.717, 1.165) is 18.4 Å². The molecule has 0 aliphatic heterocycles. The van der Waals surface area contributed by atoms with E-state index in [9.17, 15) is 22.8 Å². The van der Waals surface area contributed by atoms with Crippen molar-refractivity contribution >= 4 is 34.8 Å². The van der Waals surface area contributed by atoms with Gasteiger partial charge in [0, 0.05) is 5.69 Å². The molecule has 1 heterocycles. The molecule has 3 rings (SSSR count). The predicted molar refractivity (Wildman–Crippen MR) is 97.5 cm³/mol. The zero-order valence-corrected chi connectivity index (χ0v) is 14.8. The molecule has 0 unspecified atom stereocenters. The van der Waals surface area contributed by atoms with E-state index in [4.69, 9.17) is 16.0 Å². The molecule has 0 saturated heterocycles. The molecule has 28 heavy (non-hydrogen) atoms. The molecule has 144 valence electrons. The smallest absolute Gasteiger partial charge is 0.418 e. The highest BCUT2D eigenvalue weighted by atomic mass is 35.5. The van der Waals surface area contributed by atoms with Crippen LogP contribution in [0.1, 0.15) is 26.3 Å². The average molecular weight is 409 g/mol. The van der Waals surface area contributed by atoms with E-state index >= 15 is 0 Å². The van der Waals surface area contributed by atoms with Crippen LogP contribution in [0.25, 0.3) is 0 Å². The number of nitrogens with one attached hydrogen (secondary N) is 2. The number of carbonyl (C=O) groups is 2. The van der Waals surface area contributed by atoms with Crippen LogP contribution in [-0.4, -0.2) is 11.8 Å². The summed E-state index contributed by atoms with van der Waals surface area (Å²) in [5.41, 5.74) is -1.47. The van der Waals surface area contributed by atoms with Crippen LogP contribution in [0.4, 0.5) is 24.5 Å². The quantitative estimate of drug-likeness (QED) is 0.602. The van der Waals surface area contributed by atoms with Gasteiger partial charge < -0.3 is 15.1 Å². The molecule has 0 bridgehead atoms. The Morgan fingerprint density at radius 3 is 2.36 bits per heavy atom. The number of amides is 2. The number of halogens is 4. The second-order valence-corrected chi connectivity index (χ2v) is 6.07. The van der Waals surface area contributed by atoms with E-state index in [2.05, 4.69) is 10.6 Å². The molecule has 2 aromatic carbocycles.